The Morgan fingerprint density at radius 3 is 1.33 bits per heavy atom. The van der Waals surface area contributed by atoms with Crippen LogP contribution in [0.15, 0.2) is 0 Å². The first-order valence-corrected chi connectivity index (χ1v) is 0.548. The molecule has 0 atom stereocenters. The zero-order valence-corrected chi connectivity index (χ0v) is 7.59. The van der Waals surface area contributed by atoms with Crippen LogP contribution in [0.25, 0.3) is 0 Å². The summed E-state index contributed by atoms with van der Waals surface area (Å²) in [7, 11) is 0. The number of nitrogens with zero attached hydrogens (tertiary/aromatic N) is 1. The van der Waals surface area contributed by atoms with Crippen LogP contribution >= 0.6 is 0 Å². The van der Waals surface area contributed by atoms with Gasteiger partial charge in [0.2, 0.25) is 0 Å². The van der Waals surface area contributed by atoms with Crippen LogP contribution in [0.5, 0.6) is 0 Å². The van der Waals surface area contributed by atoms with Gasteiger partial charge in [-0.2, -0.15) is 0 Å². The van der Waals surface area contributed by atoms with Crippen molar-refractivity contribution in [1.82, 2.24) is 0 Å². The van der Waals surface area contributed by atoms with Crippen molar-refractivity contribution in [3.63, 3.8) is 0 Å². The standard InChI is InChI=1S/BH3.NO3.Rb/c;2-1(3)4;/h1H3;;/q;-1;+1. The van der Waals surface area contributed by atoms with Crippen molar-refractivity contribution in [3.05, 3.63) is 15.3 Å². The number of rotatable bonds is 0. The van der Waals surface area contributed by atoms with E-state index in [0.717, 1.165) is 0 Å². The molecule has 0 N–H and O–H groups in total. The summed E-state index contributed by atoms with van der Waals surface area (Å²) in [5, 5.41) is 14.8. The monoisotopic (exact) mass is 161 g/mol. The summed E-state index contributed by atoms with van der Waals surface area (Å²) in [6, 6.07) is 0. The van der Waals surface area contributed by atoms with Crippen LogP contribution in [-0.2, 0) is 0 Å². The second-order valence-electron chi connectivity index (χ2n) is 0.224. The second-order valence-corrected chi connectivity index (χ2v) is 0.224. The minimum atomic E-state index is -1.75. The van der Waals surface area contributed by atoms with Crippen molar-refractivity contribution < 1.29 is 63.3 Å². The van der Waals surface area contributed by atoms with Crippen LogP contribution in [0.3, 0.4) is 0 Å². The van der Waals surface area contributed by atoms with Gasteiger partial charge in [0, 0.05) is 0 Å². The molecule has 0 unspecified atom stereocenters. The van der Waals surface area contributed by atoms with Crippen molar-refractivity contribution in [1.29, 1.82) is 0 Å². The molecule has 0 saturated carbocycles. The van der Waals surface area contributed by atoms with Gasteiger partial charge >= 0.3 is 58.2 Å². The molecule has 0 aromatic carbocycles. The maximum Gasteiger partial charge on any atom is 1.00 e. The van der Waals surface area contributed by atoms with E-state index < -0.39 is 5.09 Å². The summed E-state index contributed by atoms with van der Waals surface area (Å²) in [5.74, 6) is 0. The first-order chi connectivity index (χ1) is 1.73. The molecule has 0 bridgehead atoms. The van der Waals surface area contributed by atoms with E-state index in [0.29, 0.717) is 0 Å². The molecule has 0 rings (SSSR count). The molecular formula is H3BNO3Rb. The first-order valence-electron chi connectivity index (χ1n) is 0.548. The van der Waals surface area contributed by atoms with E-state index in [2.05, 4.69) is 0 Å². The van der Waals surface area contributed by atoms with Gasteiger partial charge in [0.15, 0.2) is 0 Å². The van der Waals surface area contributed by atoms with Gasteiger partial charge in [-0.05, 0) is 0 Å². The van der Waals surface area contributed by atoms with E-state index in [1.165, 1.54) is 0 Å². The SMILES string of the molecule is B.O=[N+]([O-])[O-].[Rb+]. The minimum Gasteiger partial charge on any atom is -0.356 e. The third-order valence-corrected chi connectivity index (χ3v) is 0. The summed E-state index contributed by atoms with van der Waals surface area (Å²) < 4.78 is 0. The molecule has 0 saturated heterocycles. The van der Waals surface area contributed by atoms with E-state index in [9.17, 15) is 0 Å². The second kappa shape index (κ2) is 9.42. The molecular weight excluding hydrogens is 158 g/mol. The maximum atomic E-state index is 8.25. The van der Waals surface area contributed by atoms with Crippen LogP contribution < -0.4 is 58.2 Å². The zero-order valence-electron chi connectivity index (χ0n) is 2.67. The molecule has 0 radical (unpaired) electrons. The topological polar surface area (TPSA) is 66.2 Å². The maximum absolute atomic E-state index is 8.25. The molecule has 6 heavy (non-hydrogen) atoms. The van der Waals surface area contributed by atoms with Gasteiger partial charge < -0.3 is 15.3 Å². The van der Waals surface area contributed by atoms with E-state index in [4.69, 9.17) is 15.3 Å². The van der Waals surface area contributed by atoms with Gasteiger partial charge in [-0.15, -0.1) is 0 Å². The summed E-state index contributed by atoms with van der Waals surface area (Å²) in [6.07, 6.45) is 0. The van der Waals surface area contributed by atoms with E-state index in [1.54, 1.807) is 0 Å². The molecule has 0 aliphatic heterocycles. The van der Waals surface area contributed by atoms with Crippen molar-refractivity contribution in [2.24, 2.45) is 0 Å². The molecule has 0 aromatic heterocycles. The fourth-order valence-electron chi connectivity index (χ4n) is 0. The molecule has 0 fully saturated rings. The molecule has 4 nitrogen and oxygen atoms in total. The Morgan fingerprint density at radius 1 is 1.33 bits per heavy atom. The molecule has 0 amide bonds. The van der Waals surface area contributed by atoms with Crippen molar-refractivity contribution in [2.75, 3.05) is 0 Å². The van der Waals surface area contributed by atoms with Crippen LogP contribution in [0.4, 0.5) is 0 Å². The fourth-order valence-corrected chi connectivity index (χ4v) is 0. The van der Waals surface area contributed by atoms with E-state index in [1.807, 2.05) is 0 Å². The zero-order chi connectivity index (χ0) is 3.58. The Hall–Kier alpha value is 1.07. The average Bonchev–Trinajstić information content (AvgIpc) is 0.811. The van der Waals surface area contributed by atoms with Crippen LogP contribution in [0, 0.1) is 15.3 Å². The summed E-state index contributed by atoms with van der Waals surface area (Å²) in [4.78, 5) is 8.25. The molecule has 0 aliphatic carbocycles. The predicted molar refractivity (Wildman–Crippen MR) is 20.3 cm³/mol. The molecule has 0 heterocycles. The minimum absolute atomic E-state index is 0. The molecule has 30 valence electrons. The van der Waals surface area contributed by atoms with Crippen molar-refractivity contribution >= 4 is 8.41 Å². The summed E-state index contributed by atoms with van der Waals surface area (Å²) in [5.41, 5.74) is 0. The van der Waals surface area contributed by atoms with Crippen LogP contribution in [0.1, 0.15) is 0 Å². The van der Waals surface area contributed by atoms with Gasteiger partial charge in [-0.3, -0.25) is 0 Å². The molecule has 0 spiro atoms. The molecule has 6 heteroatoms. The Morgan fingerprint density at radius 2 is 1.33 bits per heavy atom. The summed E-state index contributed by atoms with van der Waals surface area (Å²) >= 11 is 0. The van der Waals surface area contributed by atoms with Gasteiger partial charge in [0.25, 0.3) is 0 Å². The van der Waals surface area contributed by atoms with Gasteiger partial charge in [-0.25, -0.2) is 0 Å². The Labute approximate surface area is 85.4 Å². The average molecular weight is 161 g/mol. The smallest absolute Gasteiger partial charge is 0.356 e. The van der Waals surface area contributed by atoms with Crippen LogP contribution in [-0.4, -0.2) is 13.5 Å². The van der Waals surface area contributed by atoms with Gasteiger partial charge in [0.1, 0.15) is 0 Å². The number of hydrogen-bond donors (Lipinski definition) is 0. The third-order valence-electron chi connectivity index (χ3n) is 0. The normalized spacial score (nSPS) is 4.00. The fraction of sp³-hybridized carbons (Fsp3) is 0. The Kier molecular flexibility index (Phi) is 24.7. The third kappa shape index (κ3) is 73.3. The van der Waals surface area contributed by atoms with Crippen molar-refractivity contribution in [2.45, 2.75) is 0 Å². The van der Waals surface area contributed by atoms with Crippen LogP contribution in [0.2, 0.25) is 0 Å². The molecule has 0 aliphatic rings. The van der Waals surface area contributed by atoms with Gasteiger partial charge in [0.05, 0.1) is 13.5 Å². The Balaban J connectivity index is -0.0000000450. The number of hydrogen-bond acceptors (Lipinski definition) is 3. The summed E-state index contributed by atoms with van der Waals surface area (Å²) in [6.45, 7) is 0. The Bertz CT molecular complexity index is 33.8. The largest absolute Gasteiger partial charge is 1.00 e. The van der Waals surface area contributed by atoms with Crippen molar-refractivity contribution in [3.8, 4) is 0 Å². The predicted octanol–water partition coefficient (Wildman–Crippen LogP) is -4.42. The first kappa shape index (κ1) is 15.7. The quantitative estimate of drug-likeness (QED) is 0.205. The van der Waals surface area contributed by atoms with E-state index >= 15 is 0 Å². The van der Waals surface area contributed by atoms with Gasteiger partial charge in [-0.1, -0.05) is 0 Å². The molecule has 0 aromatic rings. The van der Waals surface area contributed by atoms with E-state index in [-0.39, 0.29) is 66.6 Å².